The van der Waals surface area contributed by atoms with Crippen molar-refractivity contribution in [1.29, 1.82) is 0 Å². The molecule has 2 rings (SSSR count). The highest BCUT2D eigenvalue weighted by atomic mass is 79.9. The van der Waals surface area contributed by atoms with Gasteiger partial charge >= 0.3 is 0 Å². The third kappa shape index (κ3) is 4.27. The third-order valence-corrected chi connectivity index (χ3v) is 3.48. The number of amides is 1. The summed E-state index contributed by atoms with van der Waals surface area (Å²) in [6.07, 6.45) is 7.60. The van der Waals surface area contributed by atoms with Gasteiger partial charge in [-0.15, -0.1) is 0 Å². The summed E-state index contributed by atoms with van der Waals surface area (Å²) in [5.74, 6) is 0.00637. The van der Waals surface area contributed by atoms with Crippen molar-refractivity contribution in [2.75, 3.05) is 11.9 Å². The van der Waals surface area contributed by atoms with Crippen LogP contribution in [0.1, 0.15) is 19.3 Å². The van der Waals surface area contributed by atoms with Gasteiger partial charge in [-0.25, -0.2) is 0 Å². The monoisotopic (exact) mass is 308 g/mol. The Balaban J connectivity index is 1.74. The molecular weight excluding hydrogens is 292 g/mol. The van der Waals surface area contributed by atoms with Gasteiger partial charge in [0.2, 0.25) is 5.91 Å². The summed E-state index contributed by atoms with van der Waals surface area (Å²) in [5.41, 5.74) is 0.827. The number of halogens is 1. The Labute approximate surface area is 116 Å². The van der Waals surface area contributed by atoms with Crippen molar-refractivity contribution in [3.63, 3.8) is 0 Å². The van der Waals surface area contributed by atoms with Crippen LogP contribution in [0.25, 0.3) is 0 Å². The number of hydrogen-bond acceptors (Lipinski definition) is 2. The second kappa shape index (κ2) is 6.71. The Morgan fingerprint density at radius 1 is 1.28 bits per heavy atom. The van der Waals surface area contributed by atoms with Crippen LogP contribution in [0.4, 0.5) is 5.69 Å². The Bertz CT molecular complexity index is 428. The highest BCUT2D eigenvalue weighted by Crippen LogP contribution is 2.14. The number of rotatable bonds is 4. The molecule has 1 amide bonds. The fourth-order valence-corrected chi connectivity index (χ4v) is 2.22. The lowest BCUT2D eigenvalue weighted by atomic mass is 10.0. The molecule has 1 aliphatic rings. The molecule has 1 aromatic rings. The van der Waals surface area contributed by atoms with Crippen molar-refractivity contribution in [1.82, 2.24) is 5.32 Å². The van der Waals surface area contributed by atoms with Crippen molar-refractivity contribution in [3.05, 3.63) is 40.9 Å². The molecule has 1 aliphatic carbocycles. The van der Waals surface area contributed by atoms with Crippen LogP contribution in [0.5, 0.6) is 0 Å². The van der Waals surface area contributed by atoms with Gasteiger partial charge in [0.05, 0.1) is 6.54 Å². The molecule has 3 nitrogen and oxygen atoms in total. The van der Waals surface area contributed by atoms with Gasteiger partial charge in [-0.3, -0.25) is 4.79 Å². The van der Waals surface area contributed by atoms with Crippen LogP contribution in [0, 0.1) is 0 Å². The topological polar surface area (TPSA) is 41.1 Å². The van der Waals surface area contributed by atoms with Crippen LogP contribution in [-0.2, 0) is 4.79 Å². The minimum absolute atomic E-state index is 0.00637. The smallest absolute Gasteiger partial charge is 0.238 e. The van der Waals surface area contributed by atoms with E-state index in [1.54, 1.807) is 0 Å². The number of carbonyl (C=O) groups is 1. The van der Waals surface area contributed by atoms with Gasteiger partial charge in [-0.05, 0) is 43.5 Å². The predicted molar refractivity (Wildman–Crippen MR) is 77.6 cm³/mol. The third-order valence-electron chi connectivity index (χ3n) is 2.95. The lowest BCUT2D eigenvalue weighted by molar-refractivity contribution is -0.115. The maximum Gasteiger partial charge on any atom is 0.238 e. The molecule has 1 aromatic carbocycles. The zero-order valence-corrected chi connectivity index (χ0v) is 11.7. The Morgan fingerprint density at radius 2 is 2.06 bits per heavy atom. The van der Waals surface area contributed by atoms with Gasteiger partial charge in [0.25, 0.3) is 0 Å². The number of benzene rings is 1. The van der Waals surface area contributed by atoms with Gasteiger partial charge in [0.15, 0.2) is 0 Å². The zero-order chi connectivity index (χ0) is 12.8. The lowest BCUT2D eigenvalue weighted by Crippen LogP contribution is -2.36. The standard InChI is InChI=1S/C14H17BrN2O/c15-11-6-8-13(9-7-11)17-14(18)10-16-12-4-2-1-3-5-12/h1-2,6-9,12,16H,3-5,10H2,(H,17,18). The van der Waals surface area contributed by atoms with Crippen molar-refractivity contribution in [3.8, 4) is 0 Å². The maximum atomic E-state index is 11.7. The molecule has 0 bridgehead atoms. The van der Waals surface area contributed by atoms with E-state index in [1.165, 1.54) is 0 Å². The molecule has 0 heterocycles. The van der Waals surface area contributed by atoms with Crippen molar-refractivity contribution in [2.24, 2.45) is 0 Å². The molecule has 0 spiro atoms. The minimum atomic E-state index is 0.00637. The van der Waals surface area contributed by atoms with Gasteiger partial charge in [-0.2, -0.15) is 0 Å². The number of anilines is 1. The van der Waals surface area contributed by atoms with E-state index in [2.05, 4.69) is 38.7 Å². The fourth-order valence-electron chi connectivity index (χ4n) is 1.95. The summed E-state index contributed by atoms with van der Waals surface area (Å²) in [6.45, 7) is 0.370. The van der Waals surface area contributed by atoms with E-state index >= 15 is 0 Å². The first-order chi connectivity index (χ1) is 8.74. The van der Waals surface area contributed by atoms with Gasteiger partial charge < -0.3 is 10.6 Å². The summed E-state index contributed by atoms with van der Waals surface area (Å²) in [4.78, 5) is 11.7. The summed E-state index contributed by atoms with van der Waals surface area (Å²) in [5, 5.41) is 6.15. The molecule has 1 atom stereocenters. The molecule has 0 aromatic heterocycles. The van der Waals surface area contributed by atoms with Crippen LogP contribution in [0.2, 0.25) is 0 Å². The van der Waals surface area contributed by atoms with Crippen LogP contribution in [0.15, 0.2) is 40.9 Å². The number of nitrogens with one attached hydrogen (secondary N) is 2. The van der Waals surface area contributed by atoms with Gasteiger partial charge in [0.1, 0.15) is 0 Å². The molecule has 0 radical (unpaired) electrons. The molecule has 4 heteroatoms. The second-order valence-electron chi connectivity index (χ2n) is 4.42. The second-order valence-corrected chi connectivity index (χ2v) is 5.33. The average molecular weight is 309 g/mol. The van der Waals surface area contributed by atoms with E-state index in [4.69, 9.17) is 0 Å². The highest BCUT2D eigenvalue weighted by Gasteiger charge is 2.10. The zero-order valence-electron chi connectivity index (χ0n) is 10.2. The lowest BCUT2D eigenvalue weighted by Gasteiger charge is -2.19. The van der Waals surface area contributed by atoms with Crippen molar-refractivity contribution in [2.45, 2.75) is 25.3 Å². The maximum absolute atomic E-state index is 11.7. The molecule has 0 saturated carbocycles. The molecule has 18 heavy (non-hydrogen) atoms. The van der Waals surface area contributed by atoms with E-state index in [0.717, 1.165) is 29.4 Å². The fraction of sp³-hybridized carbons (Fsp3) is 0.357. The van der Waals surface area contributed by atoms with Crippen molar-refractivity contribution >= 4 is 27.5 Å². The first-order valence-electron chi connectivity index (χ1n) is 6.18. The van der Waals surface area contributed by atoms with Gasteiger partial charge in [0, 0.05) is 16.2 Å². The molecular formula is C14H17BrN2O. The number of hydrogen-bond donors (Lipinski definition) is 2. The SMILES string of the molecule is O=C(CNC1CC=CCC1)Nc1ccc(Br)cc1. The molecule has 0 fully saturated rings. The Morgan fingerprint density at radius 3 is 2.72 bits per heavy atom. The normalized spacial score (nSPS) is 18.6. The van der Waals surface area contributed by atoms with E-state index in [1.807, 2.05) is 24.3 Å². The van der Waals surface area contributed by atoms with Crippen LogP contribution in [-0.4, -0.2) is 18.5 Å². The van der Waals surface area contributed by atoms with Crippen molar-refractivity contribution < 1.29 is 4.79 Å². The first-order valence-corrected chi connectivity index (χ1v) is 6.97. The van der Waals surface area contributed by atoms with E-state index in [9.17, 15) is 4.79 Å². The first kappa shape index (κ1) is 13.3. The predicted octanol–water partition coefficient (Wildman–Crippen LogP) is 3.09. The van der Waals surface area contributed by atoms with E-state index in [-0.39, 0.29) is 5.91 Å². The highest BCUT2D eigenvalue weighted by molar-refractivity contribution is 9.10. The minimum Gasteiger partial charge on any atom is -0.325 e. The van der Waals surface area contributed by atoms with Crippen LogP contribution >= 0.6 is 15.9 Å². The Hall–Kier alpha value is -1.13. The van der Waals surface area contributed by atoms with E-state index < -0.39 is 0 Å². The summed E-state index contributed by atoms with van der Waals surface area (Å²) in [6, 6.07) is 8.02. The van der Waals surface area contributed by atoms with E-state index in [0.29, 0.717) is 12.6 Å². The molecule has 0 saturated heterocycles. The summed E-state index contributed by atoms with van der Waals surface area (Å²) in [7, 11) is 0. The average Bonchev–Trinajstić information content (AvgIpc) is 2.40. The summed E-state index contributed by atoms with van der Waals surface area (Å²) < 4.78 is 1.01. The summed E-state index contributed by atoms with van der Waals surface area (Å²) >= 11 is 3.36. The molecule has 96 valence electrons. The van der Waals surface area contributed by atoms with Gasteiger partial charge in [-0.1, -0.05) is 28.1 Å². The molecule has 2 N–H and O–H groups in total. The Kier molecular flexibility index (Phi) is 4.96. The van der Waals surface area contributed by atoms with Crippen LogP contribution in [0.3, 0.4) is 0 Å². The quantitative estimate of drug-likeness (QED) is 0.839. The molecule has 1 unspecified atom stereocenters. The number of carbonyl (C=O) groups excluding carboxylic acids is 1. The largest absolute Gasteiger partial charge is 0.325 e. The number of allylic oxidation sites excluding steroid dienone is 1. The molecule has 0 aliphatic heterocycles. The van der Waals surface area contributed by atoms with Crippen LogP contribution < -0.4 is 10.6 Å².